The molecule has 90 valence electrons. The number of aliphatic carboxylic acids is 3. The van der Waals surface area contributed by atoms with Crippen molar-refractivity contribution in [3.8, 4) is 0 Å². The number of carboxylic acid groups (broad SMARTS) is 3. The van der Waals surface area contributed by atoms with E-state index in [4.69, 9.17) is 20.2 Å². The summed E-state index contributed by atoms with van der Waals surface area (Å²) >= 11 is 0. The zero-order chi connectivity index (χ0) is 12.3. The first kappa shape index (κ1) is 12.4. The zero-order valence-electron chi connectivity index (χ0n) is 8.25. The molecule has 0 aromatic heterocycles. The molecular weight excluding hydrogens is 222 g/mol. The molecule has 0 aromatic rings. The largest absolute Gasteiger partial charge is 0.481 e. The standard InChI is InChI=1S/C8H11NO7/c10-5(11)3-8(7(14)15,4-6(12)13)16-9-1-2-9/h1-4H2,(H,10,11)(H,12,13)(H,14,15). The number of hydrogen-bond donors (Lipinski definition) is 3. The van der Waals surface area contributed by atoms with Crippen LogP contribution in [0.3, 0.4) is 0 Å². The molecule has 0 aromatic carbocycles. The first-order chi connectivity index (χ1) is 7.35. The van der Waals surface area contributed by atoms with Crippen molar-refractivity contribution in [2.75, 3.05) is 13.1 Å². The van der Waals surface area contributed by atoms with Crippen LogP contribution in [0.1, 0.15) is 12.8 Å². The lowest BCUT2D eigenvalue weighted by Crippen LogP contribution is -2.46. The summed E-state index contributed by atoms with van der Waals surface area (Å²) in [7, 11) is 0. The van der Waals surface area contributed by atoms with E-state index < -0.39 is 36.4 Å². The van der Waals surface area contributed by atoms with Crippen LogP contribution in [0.25, 0.3) is 0 Å². The van der Waals surface area contributed by atoms with Crippen molar-refractivity contribution in [3.05, 3.63) is 0 Å². The Bertz CT molecular complexity index is 306. The van der Waals surface area contributed by atoms with Gasteiger partial charge in [0.25, 0.3) is 0 Å². The molecule has 1 aliphatic heterocycles. The Morgan fingerprint density at radius 2 is 1.50 bits per heavy atom. The fourth-order valence-corrected chi connectivity index (χ4v) is 1.19. The van der Waals surface area contributed by atoms with E-state index in [0.29, 0.717) is 13.1 Å². The topological polar surface area (TPSA) is 124 Å². The van der Waals surface area contributed by atoms with Crippen molar-refractivity contribution >= 4 is 17.9 Å². The van der Waals surface area contributed by atoms with Gasteiger partial charge in [0.2, 0.25) is 5.60 Å². The molecule has 0 amide bonds. The van der Waals surface area contributed by atoms with E-state index >= 15 is 0 Å². The van der Waals surface area contributed by atoms with Crippen molar-refractivity contribution in [1.29, 1.82) is 0 Å². The van der Waals surface area contributed by atoms with E-state index in [9.17, 15) is 14.4 Å². The highest BCUT2D eigenvalue weighted by molar-refractivity contribution is 5.88. The normalized spacial score (nSPS) is 15.8. The van der Waals surface area contributed by atoms with Crippen LogP contribution in [0, 0.1) is 0 Å². The quantitative estimate of drug-likeness (QED) is 0.478. The molecule has 1 saturated heterocycles. The van der Waals surface area contributed by atoms with Crippen molar-refractivity contribution in [1.82, 2.24) is 5.06 Å². The van der Waals surface area contributed by atoms with E-state index in [1.807, 2.05) is 0 Å². The van der Waals surface area contributed by atoms with Crippen LogP contribution >= 0.6 is 0 Å². The number of carbonyl (C=O) groups is 3. The van der Waals surface area contributed by atoms with Crippen molar-refractivity contribution < 1.29 is 34.5 Å². The van der Waals surface area contributed by atoms with Gasteiger partial charge in [0, 0.05) is 13.1 Å². The van der Waals surface area contributed by atoms with Crippen LogP contribution < -0.4 is 0 Å². The Hall–Kier alpha value is -1.67. The molecule has 0 aliphatic carbocycles. The van der Waals surface area contributed by atoms with E-state index in [1.54, 1.807) is 0 Å². The fraction of sp³-hybridized carbons (Fsp3) is 0.625. The first-order valence-corrected chi connectivity index (χ1v) is 4.47. The molecule has 1 rings (SSSR count). The monoisotopic (exact) mass is 233 g/mol. The maximum Gasteiger partial charge on any atom is 0.339 e. The van der Waals surface area contributed by atoms with Crippen LogP contribution in [0.4, 0.5) is 0 Å². The van der Waals surface area contributed by atoms with E-state index in [2.05, 4.69) is 0 Å². The van der Waals surface area contributed by atoms with Crippen molar-refractivity contribution in [3.63, 3.8) is 0 Å². The molecule has 0 spiro atoms. The summed E-state index contributed by atoms with van der Waals surface area (Å²) in [6.07, 6.45) is -1.80. The average Bonchev–Trinajstić information content (AvgIpc) is 2.84. The van der Waals surface area contributed by atoms with Gasteiger partial charge in [0.15, 0.2) is 0 Å². The minimum absolute atomic E-state index is 0.467. The summed E-state index contributed by atoms with van der Waals surface area (Å²) in [4.78, 5) is 37.0. The third kappa shape index (κ3) is 3.17. The molecule has 3 N–H and O–H groups in total. The predicted molar refractivity (Wildman–Crippen MR) is 47.5 cm³/mol. The fourth-order valence-electron chi connectivity index (χ4n) is 1.19. The van der Waals surface area contributed by atoms with Crippen LogP contribution in [0.5, 0.6) is 0 Å². The Morgan fingerprint density at radius 1 is 1.06 bits per heavy atom. The molecule has 0 atom stereocenters. The number of nitrogens with zero attached hydrogens (tertiary/aromatic N) is 1. The van der Waals surface area contributed by atoms with Crippen LogP contribution in [-0.4, -0.2) is 57.0 Å². The summed E-state index contributed by atoms with van der Waals surface area (Å²) in [5.74, 6) is -4.44. The Morgan fingerprint density at radius 3 is 1.75 bits per heavy atom. The summed E-state index contributed by atoms with van der Waals surface area (Å²) in [6.45, 7) is 0.933. The maximum atomic E-state index is 11.0. The van der Waals surface area contributed by atoms with Gasteiger partial charge in [-0.3, -0.25) is 14.4 Å². The molecule has 0 saturated carbocycles. The number of hydroxylamine groups is 2. The zero-order valence-corrected chi connectivity index (χ0v) is 8.25. The minimum Gasteiger partial charge on any atom is -0.481 e. The van der Waals surface area contributed by atoms with Gasteiger partial charge < -0.3 is 15.3 Å². The van der Waals surface area contributed by atoms with Gasteiger partial charge in [0.1, 0.15) is 0 Å². The lowest BCUT2D eigenvalue weighted by atomic mass is 9.96. The van der Waals surface area contributed by atoms with E-state index in [0.717, 1.165) is 0 Å². The second kappa shape index (κ2) is 4.45. The molecular formula is C8H11NO7. The Kier molecular flexibility index (Phi) is 3.45. The second-order valence-electron chi connectivity index (χ2n) is 3.46. The van der Waals surface area contributed by atoms with E-state index in [1.165, 1.54) is 5.06 Å². The highest BCUT2D eigenvalue weighted by Gasteiger charge is 2.48. The van der Waals surface area contributed by atoms with Gasteiger partial charge in [-0.25, -0.2) is 4.79 Å². The molecule has 1 fully saturated rings. The highest BCUT2D eigenvalue weighted by Crippen LogP contribution is 2.26. The number of rotatable bonds is 7. The van der Waals surface area contributed by atoms with E-state index in [-0.39, 0.29) is 0 Å². The van der Waals surface area contributed by atoms with Gasteiger partial charge in [0.05, 0.1) is 12.8 Å². The van der Waals surface area contributed by atoms with Crippen molar-refractivity contribution in [2.24, 2.45) is 0 Å². The first-order valence-electron chi connectivity index (χ1n) is 4.47. The predicted octanol–water partition coefficient (Wildman–Crippen LogP) is -0.994. The summed E-state index contributed by atoms with van der Waals surface area (Å²) < 4.78 is 0. The molecule has 1 heterocycles. The lowest BCUT2D eigenvalue weighted by Gasteiger charge is -2.25. The smallest absolute Gasteiger partial charge is 0.339 e. The molecule has 0 radical (unpaired) electrons. The van der Waals surface area contributed by atoms with Crippen molar-refractivity contribution in [2.45, 2.75) is 18.4 Å². The summed E-state index contributed by atoms with van der Waals surface area (Å²) in [6, 6.07) is 0. The molecule has 16 heavy (non-hydrogen) atoms. The van der Waals surface area contributed by atoms with Gasteiger partial charge in [-0.15, -0.1) is 0 Å². The summed E-state index contributed by atoms with van der Waals surface area (Å²) in [5.41, 5.74) is -2.23. The average molecular weight is 233 g/mol. The number of carboxylic acids is 3. The van der Waals surface area contributed by atoms with Gasteiger partial charge in [-0.2, -0.15) is 5.06 Å². The molecule has 0 bridgehead atoms. The summed E-state index contributed by atoms with van der Waals surface area (Å²) in [5, 5.41) is 27.3. The Labute approximate surface area is 90.0 Å². The Balaban J connectivity index is 2.86. The van der Waals surface area contributed by atoms with Gasteiger partial charge >= 0.3 is 17.9 Å². The SMILES string of the molecule is O=C(O)CC(CC(=O)O)(ON1CC1)C(=O)O. The number of hydrogen-bond acceptors (Lipinski definition) is 5. The third-order valence-electron chi connectivity index (χ3n) is 1.97. The maximum absolute atomic E-state index is 11.0. The van der Waals surface area contributed by atoms with Crippen LogP contribution in [0.15, 0.2) is 0 Å². The molecule has 8 nitrogen and oxygen atoms in total. The molecule has 1 aliphatic rings. The highest BCUT2D eigenvalue weighted by atomic mass is 16.7. The lowest BCUT2D eigenvalue weighted by molar-refractivity contribution is -0.215. The van der Waals surface area contributed by atoms with Crippen LogP contribution in [-0.2, 0) is 19.2 Å². The van der Waals surface area contributed by atoms with Gasteiger partial charge in [-0.1, -0.05) is 0 Å². The second-order valence-corrected chi connectivity index (χ2v) is 3.46. The molecule has 8 heteroatoms. The minimum atomic E-state index is -2.23. The third-order valence-corrected chi connectivity index (χ3v) is 1.97. The van der Waals surface area contributed by atoms with Crippen LogP contribution in [0.2, 0.25) is 0 Å². The molecule has 0 unspecified atom stereocenters. The van der Waals surface area contributed by atoms with Gasteiger partial charge in [-0.05, 0) is 0 Å².